The van der Waals surface area contributed by atoms with Crippen molar-refractivity contribution in [2.75, 3.05) is 5.32 Å². The van der Waals surface area contributed by atoms with Gasteiger partial charge in [-0.25, -0.2) is 14.8 Å². The van der Waals surface area contributed by atoms with Crippen LogP contribution in [-0.4, -0.2) is 33.0 Å². The van der Waals surface area contributed by atoms with Crippen molar-refractivity contribution in [3.8, 4) is 0 Å². The molecule has 7 nitrogen and oxygen atoms in total. The third-order valence-electron chi connectivity index (χ3n) is 4.21. The molecule has 0 aliphatic heterocycles. The summed E-state index contributed by atoms with van der Waals surface area (Å²) in [5, 5.41) is 13.4. The number of carboxylic acids is 1. The molecule has 2 aromatic heterocycles. The van der Waals surface area contributed by atoms with Crippen molar-refractivity contribution in [2.45, 2.75) is 51.5 Å². The highest BCUT2D eigenvalue weighted by atomic mass is 32.1. The normalized spacial score (nSPS) is 15.0. The number of aryl methyl sites for hydroxylation is 3. The molecule has 0 bridgehead atoms. The summed E-state index contributed by atoms with van der Waals surface area (Å²) in [6.45, 7) is 1.79. The molecule has 1 unspecified atom stereocenters. The highest BCUT2D eigenvalue weighted by Gasteiger charge is 2.24. The molecule has 24 heavy (non-hydrogen) atoms. The van der Waals surface area contributed by atoms with Crippen molar-refractivity contribution in [3.63, 3.8) is 0 Å². The van der Waals surface area contributed by atoms with Gasteiger partial charge in [-0.05, 0) is 44.6 Å². The zero-order valence-electron chi connectivity index (χ0n) is 13.5. The number of aromatic nitrogens is 2. The Kier molecular flexibility index (Phi) is 4.66. The Balaban J connectivity index is 1.99. The molecule has 1 atom stereocenters. The quantitative estimate of drug-likeness (QED) is 0.735. The molecular weight excluding hydrogens is 328 g/mol. The second-order valence-electron chi connectivity index (χ2n) is 6.05. The number of carboxylic acid groups (broad SMARTS) is 1. The van der Waals surface area contributed by atoms with Gasteiger partial charge in [-0.1, -0.05) is 0 Å². The molecule has 1 aliphatic rings. The first-order valence-corrected chi connectivity index (χ1v) is 8.84. The van der Waals surface area contributed by atoms with E-state index in [9.17, 15) is 14.7 Å². The van der Waals surface area contributed by atoms with Crippen molar-refractivity contribution in [1.29, 1.82) is 0 Å². The van der Waals surface area contributed by atoms with Crippen LogP contribution in [0.4, 0.5) is 5.82 Å². The average Bonchev–Trinajstić information content (AvgIpc) is 2.88. The molecule has 2 heterocycles. The molecule has 0 fully saturated rings. The van der Waals surface area contributed by atoms with Crippen molar-refractivity contribution in [3.05, 3.63) is 16.3 Å². The number of amides is 1. The van der Waals surface area contributed by atoms with Gasteiger partial charge in [0.25, 0.3) is 0 Å². The second kappa shape index (κ2) is 6.72. The van der Waals surface area contributed by atoms with Crippen molar-refractivity contribution in [1.82, 2.24) is 9.97 Å². The van der Waals surface area contributed by atoms with E-state index < -0.39 is 17.9 Å². The van der Waals surface area contributed by atoms with E-state index in [1.165, 1.54) is 16.9 Å². The molecule has 2 aromatic rings. The maximum absolute atomic E-state index is 11.5. The molecule has 3 rings (SSSR count). The Bertz CT molecular complexity index is 802. The molecule has 8 heteroatoms. The molecule has 4 N–H and O–H groups in total. The van der Waals surface area contributed by atoms with Gasteiger partial charge in [0.15, 0.2) is 0 Å². The van der Waals surface area contributed by atoms with Crippen molar-refractivity contribution < 1.29 is 14.7 Å². The van der Waals surface area contributed by atoms with Gasteiger partial charge in [0, 0.05) is 11.3 Å². The van der Waals surface area contributed by atoms with Crippen LogP contribution in [0.3, 0.4) is 0 Å². The first kappa shape index (κ1) is 16.6. The van der Waals surface area contributed by atoms with Gasteiger partial charge in [0.05, 0.1) is 5.39 Å². The molecule has 1 amide bonds. The number of carbonyl (C=O) groups excluding carboxylic acids is 1. The lowest BCUT2D eigenvalue weighted by Crippen LogP contribution is -2.31. The summed E-state index contributed by atoms with van der Waals surface area (Å²) < 4.78 is 0. The van der Waals surface area contributed by atoms with Crippen LogP contribution in [-0.2, 0) is 22.4 Å². The van der Waals surface area contributed by atoms with Crippen LogP contribution in [0.25, 0.3) is 10.2 Å². The van der Waals surface area contributed by atoms with E-state index >= 15 is 0 Å². The number of nitrogens with two attached hydrogens (primary N) is 1. The lowest BCUT2D eigenvalue weighted by atomic mass is 9.97. The van der Waals surface area contributed by atoms with Crippen LogP contribution in [0, 0.1) is 6.92 Å². The Hall–Kier alpha value is -2.22. The zero-order valence-corrected chi connectivity index (χ0v) is 14.3. The van der Waals surface area contributed by atoms with Crippen LogP contribution in [0.5, 0.6) is 0 Å². The van der Waals surface area contributed by atoms with E-state index in [2.05, 4.69) is 15.3 Å². The molecule has 0 radical (unpaired) electrons. The molecule has 0 aromatic carbocycles. The molecular formula is C16H20N4O3S. The summed E-state index contributed by atoms with van der Waals surface area (Å²) in [5.41, 5.74) is 6.38. The van der Waals surface area contributed by atoms with E-state index in [4.69, 9.17) is 5.73 Å². The lowest BCUT2D eigenvalue weighted by molar-refractivity contribution is -0.138. The Morgan fingerprint density at radius 3 is 2.79 bits per heavy atom. The number of aliphatic carboxylic acids is 1. The van der Waals surface area contributed by atoms with Gasteiger partial charge in [0.2, 0.25) is 5.91 Å². The SMILES string of the molecule is Cc1nc(NC(CCC(N)=O)C(=O)O)c2c3c(sc2n1)CCCC3. The predicted octanol–water partition coefficient (Wildman–Crippen LogP) is 2.01. The first-order valence-electron chi connectivity index (χ1n) is 8.02. The van der Waals surface area contributed by atoms with E-state index in [1.807, 2.05) is 0 Å². The van der Waals surface area contributed by atoms with E-state index in [0.29, 0.717) is 11.6 Å². The number of fused-ring (bicyclic) bond motifs is 3. The molecule has 128 valence electrons. The maximum atomic E-state index is 11.5. The summed E-state index contributed by atoms with van der Waals surface area (Å²) in [5.74, 6) is -0.388. The summed E-state index contributed by atoms with van der Waals surface area (Å²) in [4.78, 5) is 33.7. The maximum Gasteiger partial charge on any atom is 0.326 e. The first-order chi connectivity index (χ1) is 11.5. The number of hydrogen-bond donors (Lipinski definition) is 3. The summed E-state index contributed by atoms with van der Waals surface area (Å²) in [6.07, 6.45) is 4.44. The number of hydrogen-bond acceptors (Lipinski definition) is 6. The number of primary amides is 1. The number of thiophene rings is 1. The fourth-order valence-electron chi connectivity index (χ4n) is 3.08. The predicted molar refractivity (Wildman–Crippen MR) is 92.3 cm³/mol. The van der Waals surface area contributed by atoms with Crippen molar-refractivity contribution in [2.24, 2.45) is 5.73 Å². The Labute approximate surface area is 143 Å². The second-order valence-corrected chi connectivity index (χ2v) is 7.13. The van der Waals surface area contributed by atoms with Crippen LogP contribution < -0.4 is 11.1 Å². The number of nitrogens with zero attached hydrogens (tertiary/aromatic N) is 2. The zero-order chi connectivity index (χ0) is 17.3. The topological polar surface area (TPSA) is 118 Å². The van der Waals surface area contributed by atoms with Gasteiger partial charge in [0.1, 0.15) is 22.5 Å². The van der Waals surface area contributed by atoms with Crippen molar-refractivity contribution >= 4 is 39.2 Å². The minimum Gasteiger partial charge on any atom is -0.480 e. The average molecular weight is 348 g/mol. The van der Waals surface area contributed by atoms with Gasteiger partial charge in [-0.15, -0.1) is 11.3 Å². The number of anilines is 1. The minimum atomic E-state index is -1.02. The molecule has 0 saturated heterocycles. The van der Waals surface area contributed by atoms with Crippen LogP contribution in [0.1, 0.15) is 41.9 Å². The number of nitrogens with one attached hydrogen (secondary N) is 1. The van der Waals surface area contributed by atoms with Gasteiger partial charge >= 0.3 is 5.97 Å². The highest BCUT2D eigenvalue weighted by Crippen LogP contribution is 2.38. The third kappa shape index (κ3) is 3.33. The lowest BCUT2D eigenvalue weighted by Gasteiger charge is -2.17. The van der Waals surface area contributed by atoms with Crippen LogP contribution in [0.15, 0.2) is 0 Å². The van der Waals surface area contributed by atoms with Crippen LogP contribution in [0.2, 0.25) is 0 Å². The standard InChI is InChI=1S/C16H20N4O3S/c1-8-18-14(20-10(16(22)23)6-7-12(17)21)13-9-4-2-3-5-11(9)24-15(13)19-8/h10H,2-7H2,1H3,(H2,17,21)(H,22,23)(H,18,19,20). The largest absolute Gasteiger partial charge is 0.480 e. The van der Waals surface area contributed by atoms with Crippen LogP contribution >= 0.6 is 11.3 Å². The summed E-state index contributed by atoms with van der Waals surface area (Å²) in [6, 6.07) is -0.908. The third-order valence-corrected chi connectivity index (χ3v) is 5.40. The smallest absolute Gasteiger partial charge is 0.326 e. The summed E-state index contributed by atoms with van der Waals surface area (Å²) in [7, 11) is 0. The molecule has 0 spiro atoms. The van der Waals surface area contributed by atoms with Gasteiger partial charge in [-0.3, -0.25) is 4.79 Å². The number of carbonyl (C=O) groups is 2. The Morgan fingerprint density at radius 2 is 2.08 bits per heavy atom. The fourth-order valence-corrected chi connectivity index (χ4v) is 4.38. The summed E-state index contributed by atoms with van der Waals surface area (Å²) >= 11 is 1.67. The molecule has 0 saturated carbocycles. The van der Waals surface area contributed by atoms with Gasteiger partial charge < -0.3 is 16.2 Å². The molecule has 1 aliphatic carbocycles. The highest BCUT2D eigenvalue weighted by molar-refractivity contribution is 7.19. The fraction of sp³-hybridized carbons (Fsp3) is 0.500. The van der Waals surface area contributed by atoms with Gasteiger partial charge in [-0.2, -0.15) is 0 Å². The minimum absolute atomic E-state index is 0.0128. The Morgan fingerprint density at radius 1 is 1.33 bits per heavy atom. The number of rotatable bonds is 6. The van der Waals surface area contributed by atoms with E-state index in [1.54, 1.807) is 18.3 Å². The van der Waals surface area contributed by atoms with E-state index in [-0.39, 0.29) is 12.8 Å². The van der Waals surface area contributed by atoms with E-state index in [0.717, 1.165) is 29.5 Å². The monoisotopic (exact) mass is 348 g/mol.